The van der Waals surface area contributed by atoms with E-state index in [1.54, 1.807) is 31.3 Å². The van der Waals surface area contributed by atoms with Crippen molar-refractivity contribution in [3.63, 3.8) is 0 Å². The van der Waals surface area contributed by atoms with Crippen LogP contribution in [0.15, 0.2) is 30.5 Å². The van der Waals surface area contributed by atoms with Crippen molar-refractivity contribution in [2.75, 3.05) is 13.2 Å². The first-order valence-electron chi connectivity index (χ1n) is 7.88. The fourth-order valence-corrected chi connectivity index (χ4v) is 3.06. The molecule has 2 N–H and O–H groups in total. The molecule has 2 heterocycles. The van der Waals surface area contributed by atoms with Crippen LogP contribution in [0.4, 0.5) is 0 Å². The van der Waals surface area contributed by atoms with Crippen LogP contribution in [-0.4, -0.2) is 45.5 Å². The van der Waals surface area contributed by atoms with Gasteiger partial charge in [0.1, 0.15) is 5.54 Å². The molecule has 3 rings (SSSR count). The molecule has 1 aliphatic rings. The van der Waals surface area contributed by atoms with Gasteiger partial charge in [0.15, 0.2) is 5.69 Å². The van der Waals surface area contributed by atoms with Gasteiger partial charge in [0.2, 0.25) is 0 Å². The van der Waals surface area contributed by atoms with Crippen molar-refractivity contribution in [1.29, 1.82) is 0 Å². The lowest BCUT2D eigenvalue weighted by Gasteiger charge is -2.33. The minimum absolute atomic E-state index is 0.173. The number of aliphatic carboxylic acids is 1. The first kappa shape index (κ1) is 17.4. The van der Waals surface area contributed by atoms with Crippen LogP contribution in [0.2, 0.25) is 5.02 Å². The summed E-state index contributed by atoms with van der Waals surface area (Å²) in [6.07, 6.45) is 2.13. The van der Waals surface area contributed by atoms with Crippen molar-refractivity contribution in [2.45, 2.75) is 25.3 Å². The average molecular weight is 364 g/mol. The molecule has 0 bridgehead atoms. The normalized spacial score (nSPS) is 16.4. The largest absolute Gasteiger partial charge is 0.480 e. The van der Waals surface area contributed by atoms with Gasteiger partial charge in [0.25, 0.3) is 5.91 Å². The first-order chi connectivity index (χ1) is 11.9. The number of amides is 1. The summed E-state index contributed by atoms with van der Waals surface area (Å²) in [6, 6.07) is 7.14. The number of nitrogens with zero attached hydrogens (tertiary/aromatic N) is 2. The molecule has 1 aromatic carbocycles. The third-order valence-corrected chi connectivity index (χ3v) is 4.64. The van der Waals surface area contributed by atoms with Gasteiger partial charge in [0.05, 0.1) is 10.7 Å². The van der Waals surface area contributed by atoms with Crippen molar-refractivity contribution >= 4 is 23.5 Å². The van der Waals surface area contributed by atoms with Crippen LogP contribution >= 0.6 is 11.6 Å². The van der Waals surface area contributed by atoms with Crippen LogP contribution in [0, 0.1) is 6.92 Å². The zero-order valence-electron chi connectivity index (χ0n) is 13.7. The highest BCUT2D eigenvalue weighted by Crippen LogP contribution is 2.23. The number of nitrogens with one attached hydrogen (secondary N) is 1. The highest BCUT2D eigenvalue weighted by molar-refractivity contribution is 6.32. The van der Waals surface area contributed by atoms with Crippen molar-refractivity contribution in [2.24, 2.45) is 0 Å². The second-order valence-electron chi connectivity index (χ2n) is 6.01. The average Bonchev–Trinajstić information content (AvgIpc) is 2.97. The maximum atomic E-state index is 12.6. The Labute approximate surface area is 149 Å². The maximum Gasteiger partial charge on any atom is 0.329 e. The number of aryl methyl sites for hydroxylation is 1. The highest BCUT2D eigenvalue weighted by Gasteiger charge is 2.42. The summed E-state index contributed by atoms with van der Waals surface area (Å²) >= 11 is 6.17. The number of rotatable bonds is 4. The molecule has 1 aliphatic heterocycles. The van der Waals surface area contributed by atoms with Crippen LogP contribution < -0.4 is 5.32 Å². The SMILES string of the molecule is Cc1cn(-c2ccccc2Cl)nc1C(=O)NC1(C(=O)O)CCOCC1. The lowest BCUT2D eigenvalue weighted by molar-refractivity contribution is -0.148. The van der Waals surface area contributed by atoms with E-state index in [1.807, 2.05) is 6.07 Å². The molecule has 7 nitrogen and oxygen atoms in total. The van der Waals surface area contributed by atoms with Gasteiger partial charge in [-0.1, -0.05) is 23.7 Å². The van der Waals surface area contributed by atoms with Crippen LogP contribution in [0.5, 0.6) is 0 Å². The minimum atomic E-state index is -1.32. The summed E-state index contributed by atoms with van der Waals surface area (Å²) in [6.45, 7) is 2.33. The Morgan fingerprint density at radius 2 is 2.00 bits per heavy atom. The number of carboxylic acids is 1. The van der Waals surface area contributed by atoms with Crippen molar-refractivity contribution in [3.8, 4) is 5.69 Å². The van der Waals surface area contributed by atoms with Crippen molar-refractivity contribution < 1.29 is 19.4 Å². The van der Waals surface area contributed by atoms with Crippen LogP contribution in [0.1, 0.15) is 28.9 Å². The molecule has 1 aromatic heterocycles. The Balaban J connectivity index is 1.88. The molecule has 1 amide bonds. The highest BCUT2D eigenvalue weighted by atomic mass is 35.5. The molecular weight excluding hydrogens is 346 g/mol. The number of aromatic nitrogens is 2. The summed E-state index contributed by atoms with van der Waals surface area (Å²) in [5.41, 5.74) is 0.123. The fraction of sp³-hybridized carbons (Fsp3) is 0.353. The molecule has 2 aromatic rings. The molecular formula is C17H18ClN3O4. The van der Waals surface area contributed by atoms with E-state index in [0.29, 0.717) is 29.5 Å². The molecule has 0 saturated carbocycles. The van der Waals surface area contributed by atoms with E-state index in [9.17, 15) is 14.7 Å². The van der Waals surface area contributed by atoms with Crippen LogP contribution in [-0.2, 0) is 9.53 Å². The predicted molar refractivity (Wildman–Crippen MR) is 91.2 cm³/mol. The number of hydrogen-bond acceptors (Lipinski definition) is 4. The molecule has 0 spiro atoms. The van der Waals surface area contributed by atoms with E-state index >= 15 is 0 Å². The molecule has 8 heteroatoms. The van der Waals surface area contributed by atoms with E-state index in [-0.39, 0.29) is 18.5 Å². The van der Waals surface area contributed by atoms with E-state index in [2.05, 4.69) is 10.4 Å². The van der Waals surface area contributed by atoms with E-state index in [4.69, 9.17) is 16.3 Å². The second-order valence-corrected chi connectivity index (χ2v) is 6.42. The van der Waals surface area contributed by atoms with Gasteiger partial charge in [-0.3, -0.25) is 4.79 Å². The first-order valence-corrected chi connectivity index (χ1v) is 8.25. The lowest BCUT2D eigenvalue weighted by atomic mass is 9.90. The Hall–Kier alpha value is -2.38. The van der Waals surface area contributed by atoms with Gasteiger partial charge < -0.3 is 15.2 Å². The van der Waals surface area contributed by atoms with Gasteiger partial charge in [-0.15, -0.1) is 0 Å². The Bertz CT molecular complexity index is 812. The van der Waals surface area contributed by atoms with Gasteiger partial charge >= 0.3 is 5.97 Å². The fourth-order valence-electron chi connectivity index (χ4n) is 2.83. The number of carbonyl (C=O) groups excluding carboxylic acids is 1. The number of carbonyl (C=O) groups is 2. The monoisotopic (exact) mass is 363 g/mol. The van der Waals surface area contributed by atoms with Gasteiger partial charge in [-0.25, -0.2) is 9.48 Å². The van der Waals surface area contributed by atoms with Gasteiger partial charge in [-0.05, 0) is 19.1 Å². The van der Waals surface area contributed by atoms with Gasteiger partial charge in [0, 0.05) is 37.8 Å². The Morgan fingerprint density at radius 1 is 1.32 bits per heavy atom. The number of ether oxygens (including phenoxy) is 1. The zero-order valence-corrected chi connectivity index (χ0v) is 14.4. The number of carboxylic acid groups (broad SMARTS) is 1. The molecule has 0 aliphatic carbocycles. The second kappa shape index (κ2) is 6.85. The molecule has 25 heavy (non-hydrogen) atoms. The third-order valence-electron chi connectivity index (χ3n) is 4.32. The molecule has 1 saturated heterocycles. The number of benzene rings is 1. The van der Waals surface area contributed by atoms with Crippen molar-refractivity contribution in [1.82, 2.24) is 15.1 Å². The summed E-state index contributed by atoms with van der Waals surface area (Å²) in [5.74, 6) is -1.58. The number of para-hydroxylation sites is 1. The summed E-state index contributed by atoms with van der Waals surface area (Å²) in [5, 5.41) is 17.0. The zero-order chi connectivity index (χ0) is 18.0. The Morgan fingerprint density at radius 3 is 2.64 bits per heavy atom. The van der Waals surface area contributed by atoms with Crippen molar-refractivity contribution in [3.05, 3.63) is 46.7 Å². The quantitative estimate of drug-likeness (QED) is 0.868. The molecule has 0 atom stereocenters. The molecule has 0 unspecified atom stereocenters. The van der Waals surface area contributed by atoms with E-state index < -0.39 is 17.4 Å². The number of halogens is 1. The number of hydrogen-bond donors (Lipinski definition) is 2. The van der Waals surface area contributed by atoms with Gasteiger partial charge in [-0.2, -0.15) is 5.10 Å². The van der Waals surface area contributed by atoms with E-state index in [0.717, 1.165) is 0 Å². The molecule has 1 fully saturated rings. The molecule has 0 radical (unpaired) electrons. The topological polar surface area (TPSA) is 93.5 Å². The Kier molecular flexibility index (Phi) is 4.78. The predicted octanol–water partition coefficient (Wildman–Crippen LogP) is 2.20. The molecule has 132 valence electrons. The summed E-state index contributed by atoms with van der Waals surface area (Å²) < 4.78 is 6.73. The summed E-state index contributed by atoms with van der Waals surface area (Å²) in [4.78, 5) is 24.3. The van der Waals surface area contributed by atoms with Crippen LogP contribution in [0.3, 0.4) is 0 Å². The summed E-state index contributed by atoms with van der Waals surface area (Å²) in [7, 11) is 0. The lowest BCUT2D eigenvalue weighted by Crippen LogP contribution is -2.57. The van der Waals surface area contributed by atoms with Crippen LogP contribution in [0.25, 0.3) is 5.69 Å². The maximum absolute atomic E-state index is 12.6. The van der Waals surface area contributed by atoms with E-state index in [1.165, 1.54) is 4.68 Å². The minimum Gasteiger partial charge on any atom is -0.480 e. The standard InChI is InChI=1S/C17H18ClN3O4/c1-11-10-21(13-5-3-2-4-12(13)18)20-14(11)15(22)19-17(16(23)24)6-8-25-9-7-17/h2-5,10H,6-9H2,1H3,(H,19,22)(H,23,24). The smallest absolute Gasteiger partial charge is 0.329 e. The third kappa shape index (κ3) is 3.38.